The van der Waals surface area contributed by atoms with Gasteiger partial charge in [0, 0.05) is 19.5 Å². The van der Waals surface area contributed by atoms with Gasteiger partial charge in [-0.05, 0) is 29.8 Å². The first-order valence-corrected chi connectivity index (χ1v) is 8.61. The Bertz CT molecular complexity index is 911. The number of hydrogen-bond acceptors (Lipinski definition) is 5. The summed E-state index contributed by atoms with van der Waals surface area (Å²) in [7, 11) is 4.69. The first-order chi connectivity index (χ1) is 13.2. The number of ether oxygens (including phenoxy) is 3. The molecule has 0 fully saturated rings. The molecule has 0 atom stereocenters. The molecule has 7 heteroatoms. The zero-order chi connectivity index (χ0) is 19.2. The Labute approximate surface area is 157 Å². The van der Waals surface area contributed by atoms with E-state index in [1.54, 1.807) is 27.7 Å². The van der Waals surface area contributed by atoms with E-state index >= 15 is 0 Å². The van der Waals surface area contributed by atoms with Crippen LogP contribution in [0.25, 0.3) is 11.0 Å². The second-order valence-corrected chi connectivity index (χ2v) is 5.99. The van der Waals surface area contributed by atoms with Gasteiger partial charge in [-0.1, -0.05) is 12.1 Å². The number of methoxy groups -OCH3 is 3. The number of nitrogens with one attached hydrogen (secondary N) is 1. The number of para-hydroxylation sites is 2. The van der Waals surface area contributed by atoms with E-state index in [1.807, 2.05) is 41.0 Å². The van der Waals surface area contributed by atoms with E-state index in [0.29, 0.717) is 36.8 Å². The summed E-state index contributed by atoms with van der Waals surface area (Å²) >= 11 is 0. The van der Waals surface area contributed by atoms with Crippen LogP contribution in [-0.4, -0.2) is 36.8 Å². The number of carbonyl (C=O) groups is 1. The van der Waals surface area contributed by atoms with E-state index in [1.165, 1.54) is 0 Å². The van der Waals surface area contributed by atoms with E-state index in [-0.39, 0.29) is 5.91 Å². The van der Waals surface area contributed by atoms with Gasteiger partial charge in [0.25, 0.3) is 0 Å². The molecule has 3 aromatic rings. The first kappa shape index (κ1) is 18.6. The summed E-state index contributed by atoms with van der Waals surface area (Å²) in [5.74, 6) is 1.61. The van der Waals surface area contributed by atoms with E-state index in [2.05, 4.69) is 10.3 Å². The van der Waals surface area contributed by atoms with Crippen LogP contribution in [0.2, 0.25) is 0 Å². The quantitative estimate of drug-likeness (QED) is 0.661. The summed E-state index contributed by atoms with van der Waals surface area (Å²) < 4.78 is 18.0. The highest BCUT2D eigenvalue weighted by Gasteiger charge is 2.13. The number of hydrogen-bond donors (Lipinski definition) is 1. The third-order valence-corrected chi connectivity index (χ3v) is 4.32. The van der Waals surface area contributed by atoms with Gasteiger partial charge >= 0.3 is 0 Å². The van der Waals surface area contributed by atoms with Crippen LogP contribution in [0.4, 0.5) is 0 Å². The Morgan fingerprint density at radius 2 is 1.78 bits per heavy atom. The molecule has 0 aliphatic carbocycles. The van der Waals surface area contributed by atoms with Gasteiger partial charge in [0.1, 0.15) is 0 Å². The van der Waals surface area contributed by atoms with Crippen molar-refractivity contribution in [3.63, 3.8) is 0 Å². The maximum absolute atomic E-state index is 12.2. The highest BCUT2D eigenvalue weighted by Crippen LogP contribution is 2.38. The molecule has 2 aromatic carbocycles. The minimum Gasteiger partial charge on any atom is -0.493 e. The van der Waals surface area contributed by atoms with Crippen LogP contribution in [0.5, 0.6) is 17.2 Å². The topological polar surface area (TPSA) is 74.6 Å². The second-order valence-electron chi connectivity index (χ2n) is 5.99. The SMILES string of the molecule is COc1cc(CNC(=O)CCn2cnc3ccccc32)cc(OC)c1OC. The average Bonchev–Trinajstić information content (AvgIpc) is 3.12. The molecule has 0 saturated heterocycles. The molecule has 0 aliphatic rings. The van der Waals surface area contributed by atoms with E-state index in [9.17, 15) is 4.79 Å². The maximum atomic E-state index is 12.2. The molecule has 0 bridgehead atoms. The lowest BCUT2D eigenvalue weighted by Crippen LogP contribution is -2.23. The highest BCUT2D eigenvalue weighted by atomic mass is 16.5. The fraction of sp³-hybridized carbons (Fsp3) is 0.300. The van der Waals surface area contributed by atoms with Crippen LogP contribution in [0.15, 0.2) is 42.7 Å². The molecule has 7 nitrogen and oxygen atoms in total. The molecular formula is C20H23N3O4. The molecule has 1 N–H and O–H groups in total. The number of fused-ring (bicyclic) bond motifs is 1. The van der Waals surface area contributed by atoms with Crippen LogP contribution in [0.3, 0.4) is 0 Å². The van der Waals surface area contributed by atoms with Gasteiger partial charge in [-0.3, -0.25) is 4.79 Å². The van der Waals surface area contributed by atoms with Crippen molar-refractivity contribution >= 4 is 16.9 Å². The molecule has 1 aromatic heterocycles. The van der Waals surface area contributed by atoms with Gasteiger partial charge in [0.2, 0.25) is 11.7 Å². The van der Waals surface area contributed by atoms with Gasteiger partial charge in [0.05, 0.1) is 38.7 Å². The van der Waals surface area contributed by atoms with Crippen molar-refractivity contribution in [1.29, 1.82) is 0 Å². The Morgan fingerprint density at radius 3 is 2.44 bits per heavy atom. The maximum Gasteiger partial charge on any atom is 0.222 e. The molecule has 142 valence electrons. The molecule has 0 spiro atoms. The monoisotopic (exact) mass is 369 g/mol. The third-order valence-electron chi connectivity index (χ3n) is 4.32. The van der Waals surface area contributed by atoms with Crippen molar-refractivity contribution in [3.05, 3.63) is 48.3 Å². The van der Waals surface area contributed by atoms with Gasteiger partial charge < -0.3 is 24.1 Å². The average molecular weight is 369 g/mol. The Morgan fingerprint density at radius 1 is 1.07 bits per heavy atom. The summed E-state index contributed by atoms with van der Waals surface area (Å²) in [4.78, 5) is 16.6. The molecule has 0 saturated carbocycles. The Balaban J connectivity index is 1.60. The zero-order valence-corrected chi connectivity index (χ0v) is 15.7. The lowest BCUT2D eigenvalue weighted by atomic mass is 10.1. The number of carbonyl (C=O) groups excluding carboxylic acids is 1. The number of benzene rings is 2. The first-order valence-electron chi connectivity index (χ1n) is 8.61. The van der Waals surface area contributed by atoms with Crippen LogP contribution in [0, 0.1) is 0 Å². The summed E-state index contributed by atoms with van der Waals surface area (Å²) in [5, 5.41) is 2.92. The largest absolute Gasteiger partial charge is 0.493 e. The normalized spacial score (nSPS) is 10.6. The van der Waals surface area contributed by atoms with Crippen LogP contribution in [-0.2, 0) is 17.9 Å². The summed E-state index contributed by atoms with van der Waals surface area (Å²) in [6.45, 7) is 0.946. The summed E-state index contributed by atoms with van der Waals surface area (Å²) in [6.07, 6.45) is 2.13. The molecule has 0 unspecified atom stereocenters. The molecule has 3 rings (SSSR count). The minimum atomic E-state index is -0.0402. The van der Waals surface area contributed by atoms with Crippen molar-refractivity contribution in [2.24, 2.45) is 0 Å². The van der Waals surface area contributed by atoms with Crippen molar-refractivity contribution in [3.8, 4) is 17.2 Å². The predicted molar refractivity (Wildman–Crippen MR) is 102 cm³/mol. The highest BCUT2D eigenvalue weighted by molar-refractivity contribution is 5.77. The predicted octanol–water partition coefficient (Wildman–Crippen LogP) is 2.77. The number of nitrogens with zero attached hydrogens (tertiary/aromatic N) is 2. The lowest BCUT2D eigenvalue weighted by Gasteiger charge is -2.14. The third kappa shape index (κ3) is 4.13. The van der Waals surface area contributed by atoms with Crippen LogP contribution in [0.1, 0.15) is 12.0 Å². The van der Waals surface area contributed by atoms with E-state index < -0.39 is 0 Å². The summed E-state index contributed by atoms with van der Waals surface area (Å²) in [6, 6.07) is 11.5. The number of rotatable bonds is 8. The number of imidazole rings is 1. The fourth-order valence-corrected chi connectivity index (χ4v) is 2.94. The molecule has 1 amide bonds. The molecule has 0 aliphatic heterocycles. The van der Waals surface area contributed by atoms with Crippen molar-refractivity contribution < 1.29 is 19.0 Å². The van der Waals surface area contributed by atoms with Crippen LogP contribution >= 0.6 is 0 Å². The number of aromatic nitrogens is 2. The van der Waals surface area contributed by atoms with Gasteiger partial charge in [-0.25, -0.2) is 4.98 Å². The van der Waals surface area contributed by atoms with Gasteiger partial charge in [-0.2, -0.15) is 0 Å². The van der Waals surface area contributed by atoms with Gasteiger partial charge in [0.15, 0.2) is 11.5 Å². The smallest absolute Gasteiger partial charge is 0.222 e. The van der Waals surface area contributed by atoms with Crippen molar-refractivity contribution in [1.82, 2.24) is 14.9 Å². The van der Waals surface area contributed by atoms with Crippen LogP contribution < -0.4 is 19.5 Å². The Kier molecular flexibility index (Phi) is 5.80. The van der Waals surface area contributed by atoms with Gasteiger partial charge in [-0.15, -0.1) is 0 Å². The van der Waals surface area contributed by atoms with Crippen molar-refractivity contribution in [2.75, 3.05) is 21.3 Å². The summed E-state index contributed by atoms with van der Waals surface area (Å²) in [5.41, 5.74) is 2.82. The second kappa shape index (κ2) is 8.44. The zero-order valence-electron chi connectivity index (χ0n) is 15.7. The fourth-order valence-electron chi connectivity index (χ4n) is 2.94. The standard InChI is InChI=1S/C20H23N3O4/c1-25-17-10-14(11-18(26-2)20(17)27-3)12-21-19(24)8-9-23-13-22-15-6-4-5-7-16(15)23/h4-7,10-11,13H,8-9,12H2,1-3H3,(H,21,24). The molecule has 0 radical (unpaired) electrons. The van der Waals surface area contributed by atoms with E-state index in [0.717, 1.165) is 16.6 Å². The minimum absolute atomic E-state index is 0.0402. The molecular weight excluding hydrogens is 346 g/mol. The number of aryl methyl sites for hydroxylation is 1. The van der Waals surface area contributed by atoms with Crippen molar-refractivity contribution in [2.45, 2.75) is 19.5 Å². The lowest BCUT2D eigenvalue weighted by molar-refractivity contribution is -0.121. The molecule has 27 heavy (non-hydrogen) atoms. The van der Waals surface area contributed by atoms with E-state index in [4.69, 9.17) is 14.2 Å². The Hall–Kier alpha value is -3.22. The number of amides is 1. The molecule has 1 heterocycles.